The van der Waals surface area contributed by atoms with Gasteiger partial charge < -0.3 is 20.3 Å². The largest absolute Gasteiger partial charge is 0.492 e. The Bertz CT molecular complexity index is 812. The Morgan fingerprint density at radius 2 is 1.73 bits per heavy atom. The SMILES string of the molecule is CCN(CC)c1ccc(NC(=O)NCCCOc2ccc(C(C)(C)C)cc2Br)cc1. The highest BCUT2D eigenvalue weighted by molar-refractivity contribution is 9.10. The molecule has 0 aromatic heterocycles. The van der Waals surface area contributed by atoms with Gasteiger partial charge in [-0.05, 0) is 83.6 Å². The molecule has 0 aliphatic carbocycles. The van der Waals surface area contributed by atoms with Crippen molar-refractivity contribution in [2.45, 2.75) is 46.5 Å². The first-order chi connectivity index (χ1) is 14.2. The smallest absolute Gasteiger partial charge is 0.319 e. The number of hydrogen-bond donors (Lipinski definition) is 2. The topological polar surface area (TPSA) is 53.6 Å². The Morgan fingerprint density at radius 3 is 2.30 bits per heavy atom. The predicted molar refractivity (Wildman–Crippen MR) is 130 cm³/mol. The van der Waals surface area contributed by atoms with Gasteiger partial charge in [-0.15, -0.1) is 0 Å². The maximum atomic E-state index is 12.1. The van der Waals surface area contributed by atoms with E-state index in [2.05, 4.69) is 78.2 Å². The minimum atomic E-state index is -0.207. The van der Waals surface area contributed by atoms with E-state index in [9.17, 15) is 4.79 Å². The molecule has 0 saturated heterocycles. The maximum absolute atomic E-state index is 12.1. The zero-order valence-corrected chi connectivity index (χ0v) is 20.3. The van der Waals surface area contributed by atoms with Gasteiger partial charge in [-0.25, -0.2) is 4.79 Å². The van der Waals surface area contributed by atoms with Gasteiger partial charge in [0.25, 0.3) is 0 Å². The van der Waals surface area contributed by atoms with Crippen LogP contribution in [-0.4, -0.2) is 32.3 Å². The number of urea groups is 1. The van der Waals surface area contributed by atoms with Crippen molar-refractivity contribution in [2.75, 3.05) is 36.5 Å². The zero-order valence-electron chi connectivity index (χ0n) is 18.7. The number of nitrogens with zero attached hydrogens (tertiary/aromatic N) is 1. The number of benzene rings is 2. The highest BCUT2D eigenvalue weighted by atomic mass is 79.9. The number of rotatable bonds is 9. The summed E-state index contributed by atoms with van der Waals surface area (Å²) in [5.41, 5.74) is 3.29. The Balaban J connectivity index is 1.71. The Kier molecular flexibility index (Phi) is 9.03. The van der Waals surface area contributed by atoms with Crippen molar-refractivity contribution in [3.8, 4) is 5.75 Å². The molecule has 2 amide bonds. The first kappa shape index (κ1) is 24.1. The second-order valence-corrected chi connectivity index (χ2v) is 9.05. The molecular formula is C24H34BrN3O2. The molecule has 30 heavy (non-hydrogen) atoms. The molecule has 0 saturated carbocycles. The van der Waals surface area contributed by atoms with Crippen molar-refractivity contribution < 1.29 is 9.53 Å². The van der Waals surface area contributed by atoms with Crippen LogP contribution >= 0.6 is 15.9 Å². The van der Waals surface area contributed by atoms with E-state index < -0.39 is 0 Å². The lowest BCUT2D eigenvalue weighted by molar-refractivity contribution is 0.250. The number of carbonyl (C=O) groups is 1. The fourth-order valence-electron chi connectivity index (χ4n) is 3.06. The molecule has 0 fully saturated rings. The number of hydrogen-bond acceptors (Lipinski definition) is 3. The number of nitrogens with one attached hydrogen (secondary N) is 2. The summed E-state index contributed by atoms with van der Waals surface area (Å²) in [6, 6.07) is 13.9. The van der Waals surface area contributed by atoms with E-state index in [0.29, 0.717) is 13.2 Å². The summed E-state index contributed by atoms with van der Waals surface area (Å²) in [4.78, 5) is 14.3. The lowest BCUT2D eigenvalue weighted by Gasteiger charge is -2.21. The highest BCUT2D eigenvalue weighted by Crippen LogP contribution is 2.31. The molecule has 0 aliphatic rings. The standard InChI is InChI=1S/C24H34BrN3O2/c1-6-28(7-2)20-12-10-19(11-13-20)27-23(29)26-15-8-16-30-22-14-9-18(17-21(22)25)24(3,4)5/h9-14,17H,6-8,15-16H2,1-5H3,(H2,26,27,29). The lowest BCUT2D eigenvalue weighted by Crippen LogP contribution is -2.30. The number of ether oxygens (including phenoxy) is 1. The molecule has 5 nitrogen and oxygen atoms in total. The average molecular weight is 476 g/mol. The maximum Gasteiger partial charge on any atom is 0.319 e. The molecule has 2 aromatic rings. The second kappa shape index (κ2) is 11.3. The van der Waals surface area contributed by atoms with Crippen molar-refractivity contribution in [2.24, 2.45) is 0 Å². The van der Waals surface area contributed by atoms with Gasteiger partial charge in [0.15, 0.2) is 0 Å². The molecule has 6 heteroatoms. The van der Waals surface area contributed by atoms with Crippen LogP contribution in [0.4, 0.5) is 16.2 Å². The molecule has 2 rings (SSSR count). The van der Waals surface area contributed by atoms with Crippen LogP contribution in [0.1, 0.15) is 46.6 Å². The van der Waals surface area contributed by atoms with Crippen LogP contribution in [0.25, 0.3) is 0 Å². The molecule has 2 N–H and O–H groups in total. The van der Waals surface area contributed by atoms with Gasteiger partial charge in [0, 0.05) is 31.0 Å². The number of halogens is 1. The minimum Gasteiger partial charge on any atom is -0.492 e. The van der Waals surface area contributed by atoms with Gasteiger partial charge in [0.05, 0.1) is 11.1 Å². The van der Waals surface area contributed by atoms with Crippen molar-refractivity contribution in [3.63, 3.8) is 0 Å². The van der Waals surface area contributed by atoms with E-state index in [1.54, 1.807) is 0 Å². The van der Waals surface area contributed by atoms with Gasteiger partial charge >= 0.3 is 6.03 Å². The van der Waals surface area contributed by atoms with Crippen LogP contribution in [0, 0.1) is 0 Å². The number of anilines is 2. The Hall–Kier alpha value is -2.21. The molecule has 0 unspecified atom stereocenters. The summed E-state index contributed by atoms with van der Waals surface area (Å²) in [6.45, 7) is 13.8. The zero-order chi connectivity index (χ0) is 22.1. The van der Waals surface area contributed by atoms with Gasteiger partial charge in [-0.1, -0.05) is 26.8 Å². The van der Waals surface area contributed by atoms with Crippen LogP contribution in [0.15, 0.2) is 46.9 Å². The monoisotopic (exact) mass is 475 g/mol. The lowest BCUT2D eigenvalue weighted by atomic mass is 9.87. The molecule has 0 aliphatic heterocycles. The van der Waals surface area contributed by atoms with Gasteiger partial charge in [0.2, 0.25) is 0 Å². The fraction of sp³-hybridized carbons (Fsp3) is 0.458. The molecule has 0 radical (unpaired) electrons. The third-order valence-electron chi connectivity index (χ3n) is 4.92. The number of amides is 2. The quantitative estimate of drug-likeness (QED) is 0.425. The Labute approximate surface area is 189 Å². The summed E-state index contributed by atoms with van der Waals surface area (Å²) >= 11 is 3.58. The molecule has 2 aromatic carbocycles. The second-order valence-electron chi connectivity index (χ2n) is 8.20. The van der Waals surface area contributed by atoms with E-state index in [-0.39, 0.29) is 11.4 Å². The fourth-order valence-corrected chi connectivity index (χ4v) is 3.55. The average Bonchev–Trinajstić information content (AvgIpc) is 2.70. The molecule has 0 bridgehead atoms. The third kappa shape index (κ3) is 7.24. The highest BCUT2D eigenvalue weighted by Gasteiger charge is 2.15. The van der Waals surface area contributed by atoms with E-state index >= 15 is 0 Å². The van der Waals surface area contributed by atoms with Crippen LogP contribution in [0.2, 0.25) is 0 Å². The van der Waals surface area contributed by atoms with E-state index in [1.165, 1.54) is 5.56 Å². The van der Waals surface area contributed by atoms with Crippen LogP contribution in [0.3, 0.4) is 0 Å². The van der Waals surface area contributed by atoms with Crippen LogP contribution in [-0.2, 0) is 5.41 Å². The first-order valence-corrected chi connectivity index (χ1v) is 11.4. The summed E-state index contributed by atoms with van der Waals surface area (Å²) in [6.07, 6.45) is 0.724. The molecule has 164 valence electrons. The molecule has 0 heterocycles. The van der Waals surface area contributed by atoms with Crippen molar-refractivity contribution >= 4 is 33.3 Å². The number of carbonyl (C=O) groups excluding carboxylic acids is 1. The summed E-state index contributed by atoms with van der Waals surface area (Å²) in [7, 11) is 0. The predicted octanol–water partition coefficient (Wildman–Crippen LogP) is 6.18. The normalized spacial score (nSPS) is 11.1. The molecular weight excluding hydrogens is 442 g/mol. The van der Waals surface area contributed by atoms with E-state index in [1.807, 2.05) is 30.3 Å². The summed E-state index contributed by atoms with van der Waals surface area (Å²) in [5, 5.41) is 5.73. The van der Waals surface area contributed by atoms with Crippen molar-refractivity contribution in [1.29, 1.82) is 0 Å². The third-order valence-corrected chi connectivity index (χ3v) is 5.54. The van der Waals surface area contributed by atoms with Gasteiger partial charge in [-0.3, -0.25) is 0 Å². The van der Waals surface area contributed by atoms with Gasteiger partial charge in [0.1, 0.15) is 5.75 Å². The van der Waals surface area contributed by atoms with E-state index in [0.717, 1.165) is 41.1 Å². The first-order valence-electron chi connectivity index (χ1n) is 10.6. The van der Waals surface area contributed by atoms with Crippen LogP contribution < -0.4 is 20.3 Å². The van der Waals surface area contributed by atoms with Crippen molar-refractivity contribution in [1.82, 2.24) is 5.32 Å². The Morgan fingerprint density at radius 1 is 1.07 bits per heavy atom. The van der Waals surface area contributed by atoms with Gasteiger partial charge in [-0.2, -0.15) is 0 Å². The van der Waals surface area contributed by atoms with E-state index in [4.69, 9.17) is 4.74 Å². The van der Waals surface area contributed by atoms with Crippen molar-refractivity contribution in [3.05, 3.63) is 52.5 Å². The van der Waals surface area contributed by atoms with Crippen LogP contribution in [0.5, 0.6) is 5.75 Å². The molecule has 0 atom stereocenters. The summed E-state index contributed by atoms with van der Waals surface area (Å²) < 4.78 is 6.79. The summed E-state index contributed by atoms with van der Waals surface area (Å²) in [5.74, 6) is 0.820. The molecule has 0 spiro atoms. The minimum absolute atomic E-state index is 0.101.